The first-order valence-electron chi connectivity index (χ1n) is 10.0. The molecular formula is C20H28F3N3O2. The van der Waals surface area contributed by atoms with E-state index in [-0.39, 0.29) is 17.6 Å². The fourth-order valence-corrected chi connectivity index (χ4v) is 3.97. The van der Waals surface area contributed by atoms with Crippen LogP contribution >= 0.6 is 0 Å². The number of hydrogen-bond acceptors (Lipinski definition) is 4. The van der Waals surface area contributed by atoms with Gasteiger partial charge in [0.15, 0.2) is 0 Å². The molecule has 156 valence electrons. The molecule has 0 bridgehead atoms. The first-order valence-corrected chi connectivity index (χ1v) is 10.0. The highest BCUT2D eigenvalue weighted by atomic mass is 19.4. The zero-order chi connectivity index (χ0) is 20.0. The molecule has 2 saturated heterocycles. The van der Waals surface area contributed by atoms with E-state index < -0.39 is 6.36 Å². The van der Waals surface area contributed by atoms with Gasteiger partial charge in [0.25, 0.3) is 0 Å². The van der Waals surface area contributed by atoms with Gasteiger partial charge in [0.1, 0.15) is 5.75 Å². The number of hydrogen-bond donors (Lipinski definition) is 2. The summed E-state index contributed by atoms with van der Waals surface area (Å²) >= 11 is 0. The molecule has 2 aliphatic rings. The van der Waals surface area contributed by atoms with Crippen LogP contribution in [0.25, 0.3) is 0 Å². The minimum Gasteiger partial charge on any atom is -0.406 e. The molecule has 0 aliphatic carbocycles. The van der Waals surface area contributed by atoms with E-state index in [9.17, 15) is 18.0 Å². The van der Waals surface area contributed by atoms with Crippen molar-refractivity contribution in [2.24, 2.45) is 11.8 Å². The number of alkyl halides is 3. The molecule has 1 amide bonds. The van der Waals surface area contributed by atoms with Gasteiger partial charge in [-0.3, -0.25) is 4.79 Å². The number of amides is 1. The molecule has 1 aromatic rings. The Hall–Kier alpha value is -1.80. The summed E-state index contributed by atoms with van der Waals surface area (Å²) in [6.07, 6.45) is -0.0578. The van der Waals surface area contributed by atoms with Crippen molar-refractivity contribution < 1.29 is 22.7 Å². The van der Waals surface area contributed by atoms with Gasteiger partial charge in [-0.1, -0.05) is 0 Å². The number of carbonyl (C=O) groups is 1. The molecule has 0 aromatic heterocycles. The fourth-order valence-electron chi connectivity index (χ4n) is 3.97. The second-order valence-electron chi connectivity index (χ2n) is 7.54. The van der Waals surface area contributed by atoms with Crippen LogP contribution in [0.4, 0.5) is 18.9 Å². The summed E-state index contributed by atoms with van der Waals surface area (Å²) in [4.78, 5) is 14.9. The van der Waals surface area contributed by atoms with Crippen molar-refractivity contribution in [3.63, 3.8) is 0 Å². The van der Waals surface area contributed by atoms with Crippen molar-refractivity contribution in [2.75, 3.05) is 37.6 Å². The van der Waals surface area contributed by atoms with E-state index in [0.717, 1.165) is 58.3 Å². The Kier molecular flexibility index (Phi) is 7.18. The van der Waals surface area contributed by atoms with Crippen LogP contribution in [-0.2, 0) is 4.79 Å². The zero-order valence-electron chi connectivity index (χ0n) is 15.9. The smallest absolute Gasteiger partial charge is 0.406 e. The molecule has 1 aromatic carbocycles. The van der Waals surface area contributed by atoms with Gasteiger partial charge in [0.2, 0.25) is 5.91 Å². The normalized spacial score (nSPS) is 19.4. The number of nitrogens with zero attached hydrogens (tertiary/aromatic N) is 1. The van der Waals surface area contributed by atoms with Crippen LogP contribution in [-0.4, -0.2) is 45.0 Å². The van der Waals surface area contributed by atoms with Crippen molar-refractivity contribution in [1.82, 2.24) is 10.6 Å². The Morgan fingerprint density at radius 2 is 1.57 bits per heavy atom. The molecule has 0 spiro atoms. The van der Waals surface area contributed by atoms with Crippen molar-refractivity contribution in [3.8, 4) is 5.75 Å². The first-order chi connectivity index (χ1) is 13.4. The van der Waals surface area contributed by atoms with Crippen LogP contribution in [0.3, 0.4) is 0 Å². The maximum Gasteiger partial charge on any atom is 0.573 e. The predicted molar refractivity (Wildman–Crippen MR) is 101 cm³/mol. The van der Waals surface area contributed by atoms with Crippen LogP contribution < -0.4 is 20.3 Å². The highest BCUT2D eigenvalue weighted by Gasteiger charge is 2.31. The topological polar surface area (TPSA) is 53.6 Å². The van der Waals surface area contributed by atoms with Crippen LogP contribution in [0.2, 0.25) is 0 Å². The number of halogens is 3. The number of anilines is 1. The third-order valence-corrected chi connectivity index (χ3v) is 5.56. The lowest BCUT2D eigenvalue weighted by Crippen LogP contribution is -2.42. The minimum atomic E-state index is -4.72. The summed E-state index contributed by atoms with van der Waals surface area (Å²) < 4.78 is 41.2. The number of carbonyl (C=O) groups excluding carboxylic acids is 1. The monoisotopic (exact) mass is 399 g/mol. The molecule has 8 heteroatoms. The average Bonchev–Trinajstić information content (AvgIpc) is 2.69. The standard InChI is InChI=1S/C20H28F3N3O2/c21-20(22,23)28-18-3-1-17(2-4-18)26(14-9-15-5-10-24-11-6-15)19(27)16-7-12-25-13-8-16/h1-4,15-16,24-25H,5-14H2. The lowest BCUT2D eigenvalue weighted by atomic mass is 9.93. The highest BCUT2D eigenvalue weighted by molar-refractivity contribution is 5.95. The molecular weight excluding hydrogens is 371 g/mol. The molecule has 2 N–H and O–H groups in total. The van der Waals surface area contributed by atoms with Gasteiger partial charge in [-0.15, -0.1) is 13.2 Å². The van der Waals surface area contributed by atoms with Crippen molar-refractivity contribution in [1.29, 1.82) is 0 Å². The van der Waals surface area contributed by atoms with E-state index in [1.807, 2.05) is 0 Å². The summed E-state index contributed by atoms with van der Waals surface area (Å²) in [6, 6.07) is 5.64. The van der Waals surface area contributed by atoms with E-state index in [0.29, 0.717) is 18.2 Å². The van der Waals surface area contributed by atoms with Crippen LogP contribution in [0.1, 0.15) is 32.1 Å². The predicted octanol–water partition coefficient (Wildman–Crippen LogP) is 3.31. The molecule has 0 atom stereocenters. The van der Waals surface area contributed by atoms with Gasteiger partial charge in [0.05, 0.1) is 0 Å². The van der Waals surface area contributed by atoms with Crippen molar-refractivity contribution in [3.05, 3.63) is 24.3 Å². The molecule has 2 fully saturated rings. The molecule has 5 nitrogen and oxygen atoms in total. The second kappa shape index (κ2) is 9.60. The van der Waals surface area contributed by atoms with Gasteiger partial charge >= 0.3 is 6.36 Å². The van der Waals surface area contributed by atoms with Gasteiger partial charge in [-0.2, -0.15) is 0 Å². The summed E-state index contributed by atoms with van der Waals surface area (Å²) in [7, 11) is 0. The molecule has 0 saturated carbocycles. The van der Waals surface area contributed by atoms with Gasteiger partial charge in [0, 0.05) is 18.2 Å². The molecule has 28 heavy (non-hydrogen) atoms. The lowest BCUT2D eigenvalue weighted by molar-refractivity contribution is -0.274. The largest absolute Gasteiger partial charge is 0.573 e. The highest BCUT2D eigenvalue weighted by Crippen LogP contribution is 2.28. The van der Waals surface area contributed by atoms with Gasteiger partial charge < -0.3 is 20.3 Å². The number of rotatable bonds is 6. The van der Waals surface area contributed by atoms with E-state index in [1.165, 1.54) is 12.1 Å². The van der Waals surface area contributed by atoms with E-state index in [2.05, 4.69) is 15.4 Å². The van der Waals surface area contributed by atoms with E-state index in [1.54, 1.807) is 17.0 Å². The summed E-state index contributed by atoms with van der Waals surface area (Å²) in [5.74, 6) is 0.321. The Balaban J connectivity index is 1.71. The maximum atomic E-state index is 13.2. The maximum absolute atomic E-state index is 13.2. The molecule has 2 aliphatic heterocycles. The van der Waals surface area contributed by atoms with Crippen LogP contribution in [0.5, 0.6) is 5.75 Å². The van der Waals surface area contributed by atoms with Crippen molar-refractivity contribution >= 4 is 11.6 Å². The zero-order valence-corrected chi connectivity index (χ0v) is 15.9. The molecule has 0 radical (unpaired) electrons. The quantitative estimate of drug-likeness (QED) is 0.771. The average molecular weight is 399 g/mol. The summed E-state index contributed by atoms with van der Waals surface area (Å²) in [5.41, 5.74) is 0.631. The van der Waals surface area contributed by atoms with Gasteiger partial charge in [-0.05, 0) is 88.5 Å². The van der Waals surface area contributed by atoms with Crippen molar-refractivity contribution in [2.45, 2.75) is 38.5 Å². The van der Waals surface area contributed by atoms with Gasteiger partial charge in [-0.25, -0.2) is 0 Å². The third-order valence-electron chi connectivity index (χ3n) is 5.56. The summed E-state index contributed by atoms with van der Waals surface area (Å²) in [5, 5.41) is 6.60. The Labute approximate surface area is 163 Å². The number of benzene rings is 1. The Morgan fingerprint density at radius 3 is 2.14 bits per heavy atom. The molecule has 3 rings (SSSR count). The van der Waals surface area contributed by atoms with E-state index in [4.69, 9.17) is 0 Å². The van der Waals surface area contributed by atoms with E-state index >= 15 is 0 Å². The number of piperidine rings is 2. The van der Waals surface area contributed by atoms with Crippen LogP contribution in [0, 0.1) is 11.8 Å². The Bertz CT molecular complexity index is 625. The number of ether oxygens (including phenoxy) is 1. The number of nitrogens with one attached hydrogen (secondary N) is 2. The summed E-state index contributed by atoms with van der Waals surface area (Å²) in [6.45, 7) is 4.22. The third kappa shape index (κ3) is 6.10. The SMILES string of the molecule is O=C(C1CCNCC1)N(CCC1CCNCC1)c1ccc(OC(F)(F)F)cc1. The fraction of sp³-hybridized carbons (Fsp3) is 0.650. The second-order valence-corrected chi connectivity index (χ2v) is 7.54. The molecule has 0 unspecified atom stereocenters. The molecule has 2 heterocycles. The minimum absolute atomic E-state index is 0.0413. The van der Waals surface area contributed by atoms with Crippen LogP contribution in [0.15, 0.2) is 24.3 Å². The Morgan fingerprint density at radius 1 is 1.00 bits per heavy atom. The lowest BCUT2D eigenvalue weighted by Gasteiger charge is -2.32. The first kappa shape index (κ1) is 20.9.